The molecule has 1 unspecified atom stereocenters. The molecule has 0 spiro atoms. The number of amides is 1. The molecule has 0 aliphatic rings. The van der Waals surface area contributed by atoms with Crippen molar-refractivity contribution in [3.8, 4) is 11.5 Å². The van der Waals surface area contributed by atoms with Crippen molar-refractivity contribution in [2.24, 2.45) is 0 Å². The standard InChI is InChI=1S/C18H20N2O6/c1-10(21)12-6-14(19-9-12)18(24)20-13(8-17(22)23)11-4-5-15(25-2)16(7-11)26-3/h4-7,9,13,19H,8H2,1-3H3,(H,20,24)(H,22,23). The summed E-state index contributed by atoms with van der Waals surface area (Å²) >= 11 is 0. The van der Waals surface area contributed by atoms with Gasteiger partial charge in [-0.1, -0.05) is 6.07 Å². The van der Waals surface area contributed by atoms with Gasteiger partial charge in [0.2, 0.25) is 0 Å². The zero-order valence-electron chi connectivity index (χ0n) is 14.7. The third-order valence-electron chi connectivity index (χ3n) is 3.83. The number of aromatic nitrogens is 1. The second-order valence-corrected chi connectivity index (χ2v) is 5.60. The van der Waals surface area contributed by atoms with E-state index in [9.17, 15) is 19.5 Å². The molecule has 26 heavy (non-hydrogen) atoms. The summed E-state index contributed by atoms with van der Waals surface area (Å²) in [6.07, 6.45) is 1.11. The molecule has 2 aromatic rings. The minimum absolute atomic E-state index is 0.172. The Morgan fingerprint density at radius 3 is 2.38 bits per heavy atom. The number of nitrogens with one attached hydrogen (secondary N) is 2. The molecule has 1 atom stereocenters. The molecule has 0 aliphatic heterocycles. The number of aliphatic carboxylic acids is 1. The van der Waals surface area contributed by atoms with E-state index in [0.717, 1.165) is 0 Å². The second kappa shape index (κ2) is 8.19. The van der Waals surface area contributed by atoms with E-state index < -0.39 is 17.9 Å². The predicted octanol–water partition coefficient (Wildman–Crippen LogP) is 2.18. The van der Waals surface area contributed by atoms with Crippen LogP contribution in [0.3, 0.4) is 0 Å². The molecule has 8 heteroatoms. The largest absolute Gasteiger partial charge is 0.493 e. The molecule has 1 aromatic heterocycles. The molecule has 2 rings (SSSR count). The van der Waals surface area contributed by atoms with E-state index >= 15 is 0 Å². The molecular weight excluding hydrogens is 340 g/mol. The highest BCUT2D eigenvalue weighted by atomic mass is 16.5. The van der Waals surface area contributed by atoms with Crippen molar-refractivity contribution in [2.45, 2.75) is 19.4 Å². The van der Waals surface area contributed by atoms with E-state index in [4.69, 9.17) is 9.47 Å². The van der Waals surface area contributed by atoms with Crippen molar-refractivity contribution in [3.05, 3.63) is 47.3 Å². The molecule has 1 heterocycles. The maximum absolute atomic E-state index is 12.4. The molecular formula is C18H20N2O6. The van der Waals surface area contributed by atoms with Crippen molar-refractivity contribution in [2.75, 3.05) is 14.2 Å². The molecule has 138 valence electrons. The van der Waals surface area contributed by atoms with Gasteiger partial charge in [0, 0.05) is 11.8 Å². The second-order valence-electron chi connectivity index (χ2n) is 5.60. The van der Waals surface area contributed by atoms with Gasteiger partial charge in [0.1, 0.15) is 5.69 Å². The van der Waals surface area contributed by atoms with Gasteiger partial charge >= 0.3 is 5.97 Å². The van der Waals surface area contributed by atoms with E-state index in [-0.39, 0.29) is 17.9 Å². The summed E-state index contributed by atoms with van der Waals surface area (Å²) in [5, 5.41) is 11.8. The SMILES string of the molecule is COc1ccc(C(CC(=O)O)NC(=O)c2cc(C(C)=O)c[nH]2)cc1OC. The van der Waals surface area contributed by atoms with Crippen LogP contribution in [-0.2, 0) is 4.79 Å². The van der Waals surface area contributed by atoms with Gasteiger partial charge in [-0.3, -0.25) is 14.4 Å². The average molecular weight is 360 g/mol. The highest BCUT2D eigenvalue weighted by Crippen LogP contribution is 2.31. The highest BCUT2D eigenvalue weighted by molar-refractivity contribution is 5.99. The Hall–Kier alpha value is -3.29. The van der Waals surface area contributed by atoms with Crippen LogP contribution in [0.25, 0.3) is 0 Å². The number of hydrogen-bond acceptors (Lipinski definition) is 5. The van der Waals surface area contributed by atoms with Crippen LogP contribution in [0.2, 0.25) is 0 Å². The lowest BCUT2D eigenvalue weighted by atomic mass is 10.0. The van der Waals surface area contributed by atoms with Crippen molar-refractivity contribution >= 4 is 17.7 Å². The maximum atomic E-state index is 12.4. The Morgan fingerprint density at radius 2 is 1.85 bits per heavy atom. The summed E-state index contributed by atoms with van der Waals surface area (Å²) < 4.78 is 10.4. The number of hydrogen-bond donors (Lipinski definition) is 3. The molecule has 0 saturated heterocycles. The van der Waals surface area contributed by atoms with Gasteiger partial charge in [-0.2, -0.15) is 0 Å². The van der Waals surface area contributed by atoms with E-state index in [1.807, 2.05) is 0 Å². The van der Waals surface area contributed by atoms with Crippen LogP contribution >= 0.6 is 0 Å². The third-order valence-corrected chi connectivity index (χ3v) is 3.83. The van der Waals surface area contributed by atoms with Crippen LogP contribution in [-0.4, -0.2) is 42.0 Å². The summed E-state index contributed by atoms with van der Waals surface area (Å²) in [6, 6.07) is 5.54. The number of carboxylic acids is 1. The summed E-state index contributed by atoms with van der Waals surface area (Å²) in [5.74, 6) is -0.845. The van der Waals surface area contributed by atoms with Crippen molar-refractivity contribution in [3.63, 3.8) is 0 Å². The van der Waals surface area contributed by atoms with Gasteiger partial charge < -0.3 is 24.9 Å². The Kier molecular flexibility index (Phi) is 6.00. The summed E-state index contributed by atoms with van der Waals surface area (Å²) in [5.41, 5.74) is 1.10. The zero-order valence-corrected chi connectivity index (χ0v) is 14.7. The highest BCUT2D eigenvalue weighted by Gasteiger charge is 2.21. The molecule has 1 amide bonds. The van der Waals surface area contributed by atoms with Crippen LogP contribution in [0, 0.1) is 0 Å². The molecule has 0 saturated carbocycles. The number of carbonyl (C=O) groups is 3. The third kappa shape index (κ3) is 4.41. The number of carbonyl (C=O) groups excluding carboxylic acids is 2. The first kappa shape index (κ1) is 19.0. The molecule has 0 aliphatic carbocycles. The minimum atomic E-state index is -1.07. The average Bonchev–Trinajstić information content (AvgIpc) is 3.10. The number of ketones is 1. The van der Waals surface area contributed by atoms with Crippen LogP contribution in [0.4, 0.5) is 0 Å². The molecule has 8 nitrogen and oxygen atoms in total. The molecule has 0 fully saturated rings. The van der Waals surface area contributed by atoms with E-state index in [1.54, 1.807) is 18.2 Å². The lowest BCUT2D eigenvalue weighted by Gasteiger charge is -2.18. The predicted molar refractivity (Wildman–Crippen MR) is 92.8 cm³/mol. The Morgan fingerprint density at radius 1 is 1.15 bits per heavy atom. The van der Waals surface area contributed by atoms with E-state index in [2.05, 4.69) is 10.3 Å². The quantitative estimate of drug-likeness (QED) is 0.621. The minimum Gasteiger partial charge on any atom is -0.493 e. The van der Waals surface area contributed by atoms with Gasteiger partial charge in [-0.25, -0.2) is 0 Å². The summed E-state index contributed by atoms with van der Waals surface area (Å²) in [7, 11) is 2.96. The fourth-order valence-electron chi connectivity index (χ4n) is 2.46. The van der Waals surface area contributed by atoms with Gasteiger partial charge in [0.05, 0.1) is 26.7 Å². The van der Waals surface area contributed by atoms with Crippen molar-refractivity contribution in [1.29, 1.82) is 0 Å². The zero-order chi connectivity index (χ0) is 19.3. The van der Waals surface area contributed by atoms with Gasteiger partial charge in [0.25, 0.3) is 5.91 Å². The summed E-state index contributed by atoms with van der Waals surface area (Å²) in [6.45, 7) is 1.39. The van der Waals surface area contributed by atoms with Crippen LogP contribution in [0.5, 0.6) is 11.5 Å². The number of methoxy groups -OCH3 is 2. The first-order chi connectivity index (χ1) is 12.3. The smallest absolute Gasteiger partial charge is 0.305 e. The summed E-state index contributed by atoms with van der Waals surface area (Å²) in [4.78, 5) is 37.7. The number of benzene rings is 1. The molecule has 1 aromatic carbocycles. The lowest BCUT2D eigenvalue weighted by Crippen LogP contribution is -2.30. The molecule has 0 radical (unpaired) electrons. The molecule has 3 N–H and O–H groups in total. The van der Waals surface area contributed by atoms with Gasteiger partial charge in [-0.05, 0) is 30.7 Å². The van der Waals surface area contributed by atoms with E-state index in [1.165, 1.54) is 33.4 Å². The number of Topliss-reactive ketones (excluding diaryl/α,β-unsaturated/α-hetero) is 1. The number of carboxylic acid groups (broad SMARTS) is 1. The number of ether oxygens (including phenoxy) is 2. The Bertz CT molecular complexity index is 827. The maximum Gasteiger partial charge on any atom is 0.305 e. The van der Waals surface area contributed by atoms with Gasteiger partial charge in [0.15, 0.2) is 17.3 Å². The number of H-pyrrole nitrogens is 1. The van der Waals surface area contributed by atoms with Crippen LogP contribution in [0.15, 0.2) is 30.5 Å². The van der Waals surface area contributed by atoms with E-state index in [0.29, 0.717) is 22.6 Å². The van der Waals surface area contributed by atoms with Crippen LogP contribution < -0.4 is 14.8 Å². The number of rotatable bonds is 8. The fourth-order valence-corrected chi connectivity index (χ4v) is 2.46. The number of aromatic amines is 1. The van der Waals surface area contributed by atoms with Gasteiger partial charge in [-0.15, -0.1) is 0 Å². The Balaban J connectivity index is 2.28. The van der Waals surface area contributed by atoms with Crippen molar-refractivity contribution < 1.29 is 29.0 Å². The lowest BCUT2D eigenvalue weighted by molar-refractivity contribution is -0.137. The normalized spacial score (nSPS) is 11.5. The topological polar surface area (TPSA) is 118 Å². The fraction of sp³-hybridized carbons (Fsp3) is 0.278. The van der Waals surface area contributed by atoms with Crippen molar-refractivity contribution in [1.82, 2.24) is 10.3 Å². The first-order valence-electron chi connectivity index (χ1n) is 7.79. The first-order valence-corrected chi connectivity index (χ1v) is 7.79. The monoisotopic (exact) mass is 360 g/mol. The van der Waals surface area contributed by atoms with Crippen LogP contribution in [0.1, 0.15) is 45.8 Å². The Labute approximate surface area is 150 Å². The molecule has 0 bridgehead atoms.